The van der Waals surface area contributed by atoms with Gasteiger partial charge in [-0.15, -0.1) is 6.58 Å². The zero-order valence-corrected chi connectivity index (χ0v) is 16.4. The van der Waals surface area contributed by atoms with E-state index in [1.807, 2.05) is 30.3 Å². The molecule has 0 saturated carbocycles. The minimum atomic E-state index is -3.75. The summed E-state index contributed by atoms with van der Waals surface area (Å²) < 4.78 is 38.7. The lowest BCUT2D eigenvalue weighted by atomic mass is 10.1. The maximum absolute atomic E-state index is 12.1. The van der Waals surface area contributed by atoms with Gasteiger partial charge in [0.2, 0.25) is 0 Å². The molecule has 0 spiro atoms. The smallest absolute Gasteiger partial charge is 0.408 e. The third-order valence-corrected chi connectivity index (χ3v) is 3.60. The molecule has 2 atom stereocenters. The molecule has 26 heavy (non-hydrogen) atoms. The third kappa shape index (κ3) is 9.55. The van der Waals surface area contributed by atoms with Crippen LogP contribution in [0.25, 0.3) is 0 Å². The summed E-state index contributed by atoms with van der Waals surface area (Å²) in [6, 6.07) is 8.66. The van der Waals surface area contributed by atoms with Crippen molar-refractivity contribution < 1.29 is 26.9 Å². The van der Waals surface area contributed by atoms with Gasteiger partial charge in [0, 0.05) is 0 Å². The van der Waals surface area contributed by atoms with Crippen LogP contribution in [0.1, 0.15) is 26.3 Å². The van der Waals surface area contributed by atoms with Crippen molar-refractivity contribution in [1.29, 1.82) is 0 Å². The van der Waals surface area contributed by atoms with Gasteiger partial charge in [-0.25, -0.2) is 4.79 Å². The summed E-state index contributed by atoms with van der Waals surface area (Å²) in [5, 5.41) is 2.59. The standard InChI is InChI=1S/C18H27NO6S/c1-6-16(25-26(5,21)22)15(19-17(20)24-18(2,3)4)13-23-12-14-10-8-7-9-11-14/h6-11,15-16H,1,12-13H2,2-5H3,(H,19,20)/t15-,16-/m1/s1. The zero-order valence-electron chi connectivity index (χ0n) is 15.6. The molecule has 1 amide bonds. The van der Waals surface area contributed by atoms with Crippen molar-refractivity contribution in [2.75, 3.05) is 12.9 Å². The van der Waals surface area contributed by atoms with Gasteiger partial charge in [0.1, 0.15) is 11.7 Å². The first-order chi connectivity index (χ1) is 12.0. The number of ether oxygens (including phenoxy) is 2. The summed E-state index contributed by atoms with van der Waals surface area (Å²) in [5.74, 6) is 0. The van der Waals surface area contributed by atoms with E-state index in [1.54, 1.807) is 20.8 Å². The van der Waals surface area contributed by atoms with Crippen molar-refractivity contribution in [1.82, 2.24) is 5.32 Å². The van der Waals surface area contributed by atoms with Gasteiger partial charge >= 0.3 is 6.09 Å². The van der Waals surface area contributed by atoms with Gasteiger partial charge in [-0.3, -0.25) is 4.18 Å². The quantitative estimate of drug-likeness (QED) is 0.519. The Morgan fingerprint density at radius 2 is 1.88 bits per heavy atom. The molecule has 0 saturated heterocycles. The first-order valence-corrected chi connectivity index (χ1v) is 9.94. The molecule has 0 radical (unpaired) electrons. The lowest BCUT2D eigenvalue weighted by Crippen LogP contribution is -2.48. The summed E-state index contributed by atoms with van der Waals surface area (Å²) in [6.07, 6.45) is 0.538. The van der Waals surface area contributed by atoms with Crippen LogP contribution in [0.3, 0.4) is 0 Å². The number of carbonyl (C=O) groups is 1. The zero-order chi connectivity index (χ0) is 19.8. The van der Waals surface area contributed by atoms with E-state index in [-0.39, 0.29) is 6.61 Å². The van der Waals surface area contributed by atoms with Gasteiger partial charge in [-0.1, -0.05) is 36.4 Å². The number of rotatable bonds is 9. The van der Waals surface area contributed by atoms with E-state index in [2.05, 4.69) is 11.9 Å². The maximum Gasteiger partial charge on any atom is 0.408 e. The minimum Gasteiger partial charge on any atom is -0.444 e. The molecule has 1 aromatic rings. The van der Waals surface area contributed by atoms with Crippen molar-refractivity contribution in [3.8, 4) is 0 Å². The van der Waals surface area contributed by atoms with Gasteiger partial charge in [-0.2, -0.15) is 8.42 Å². The van der Waals surface area contributed by atoms with Crippen LogP contribution >= 0.6 is 0 Å². The van der Waals surface area contributed by atoms with E-state index in [4.69, 9.17) is 13.7 Å². The number of hydrogen-bond donors (Lipinski definition) is 1. The molecule has 1 aromatic carbocycles. The molecule has 0 heterocycles. The molecule has 7 nitrogen and oxygen atoms in total. The number of hydrogen-bond acceptors (Lipinski definition) is 6. The number of benzene rings is 1. The Morgan fingerprint density at radius 1 is 1.27 bits per heavy atom. The average molecular weight is 385 g/mol. The number of carbonyl (C=O) groups excluding carboxylic acids is 1. The Labute approximate surface area is 155 Å². The predicted molar refractivity (Wildman–Crippen MR) is 99.2 cm³/mol. The van der Waals surface area contributed by atoms with Crippen molar-refractivity contribution in [3.05, 3.63) is 48.6 Å². The first kappa shape index (κ1) is 22.1. The number of amides is 1. The first-order valence-electron chi connectivity index (χ1n) is 8.12. The van der Waals surface area contributed by atoms with Crippen LogP contribution < -0.4 is 5.32 Å². The highest BCUT2D eigenvalue weighted by atomic mass is 32.2. The monoisotopic (exact) mass is 385 g/mol. The van der Waals surface area contributed by atoms with Crippen LogP contribution in [-0.2, 0) is 30.4 Å². The minimum absolute atomic E-state index is 0.0142. The normalized spacial score (nSPS) is 14.3. The maximum atomic E-state index is 12.1. The Balaban J connectivity index is 2.78. The van der Waals surface area contributed by atoms with E-state index < -0.39 is 34.0 Å². The van der Waals surface area contributed by atoms with Crippen LogP contribution in [0, 0.1) is 0 Å². The Bertz CT molecular complexity index is 681. The molecule has 0 aliphatic heterocycles. The predicted octanol–water partition coefficient (Wildman–Crippen LogP) is 2.63. The fraction of sp³-hybridized carbons (Fsp3) is 0.500. The molecule has 1 rings (SSSR count). The molecule has 0 fully saturated rings. The molecule has 0 aliphatic carbocycles. The van der Waals surface area contributed by atoms with Crippen LogP contribution in [0.4, 0.5) is 4.79 Å². The van der Waals surface area contributed by atoms with Crippen LogP contribution in [0.5, 0.6) is 0 Å². The van der Waals surface area contributed by atoms with Crippen LogP contribution in [0.2, 0.25) is 0 Å². The molecule has 1 N–H and O–H groups in total. The molecule has 146 valence electrons. The van der Waals surface area contributed by atoms with Gasteiger partial charge < -0.3 is 14.8 Å². The number of nitrogens with one attached hydrogen (secondary N) is 1. The van der Waals surface area contributed by atoms with Gasteiger partial charge in [0.15, 0.2) is 0 Å². The van der Waals surface area contributed by atoms with Gasteiger partial charge in [0.25, 0.3) is 10.1 Å². The lowest BCUT2D eigenvalue weighted by Gasteiger charge is -2.27. The fourth-order valence-corrected chi connectivity index (χ4v) is 2.64. The highest BCUT2D eigenvalue weighted by Crippen LogP contribution is 2.11. The topological polar surface area (TPSA) is 90.9 Å². The Morgan fingerprint density at radius 3 is 2.38 bits per heavy atom. The third-order valence-electron chi connectivity index (χ3n) is 3.03. The second-order valence-electron chi connectivity index (χ2n) is 6.75. The summed E-state index contributed by atoms with van der Waals surface area (Å²) in [7, 11) is -3.75. The van der Waals surface area contributed by atoms with E-state index >= 15 is 0 Å². The Hall–Kier alpha value is -1.90. The van der Waals surface area contributed by atoms with E-state index in [0.29, 0.717) is 6.61 Å². The molecule has 0 aromatic heterocycles. The summed E-state index contributed by atoms with van der Waals surface area (Å²) in [6.45, 7) is 9.08. The highest BCUT2D eigenvalue weighted by molar-refractivity contribution is 7.86. The molecule has 0 bridgehead atoms. The summed E-state index contributed by atoms with van der Waals surface area (Å²) in [4.78, 5) is 12.1. The van der Waals surface area contributed by atoms with Crippen LogP contribution in [0.15, 0.2) is 43.0 Å². The van der Waals surface area contributed by atoms with Crippen molar-refractivity contribution in [2.45, 2.75) is 45.1 Å². The van der Waals surface area contributed by atoms with Crippen molar-refractivity contribution >= 4 is 16.2 Å². The van der Waals surface area contributed by atoms with Gasteiger partial charge in [-0.05, 0) is 26.3 Å². The summed E-state index contributed by atoms with van der Waals surface area (Å²) in [5.41, 5.74) is 0.253. The fourth-order valence-electron chi connectivity index (χ4n) is 2.03. The molecule has 8 heteroatoms. The molecule has 0 aliphatic rings. The lowest BCUT2D eigenvalue weighted by molar-refractivity contribution is 0.0323. The second-order valence-corrected chi connectivity index (χ2v) is 8.35. The molecular formula is C18H27NO6S. The van der Waals surface area contributed by atoms with Crippen LogP contribution in [-0.4, -0.2) is 45.1 Å². The van der Waals surface area contributed by atoms with E-state index in [9.17, 15) is 13.2 Å². The van der Waals surface area contributed by atoms with E-state index in [1.165, 1.54) is 6.08 Å². The largest absolute Gasteiger partial charge is 0.444 e. The Kier molecular flexibility index (Phi) is 8.26. The summed E-state index contributed by atoms with van der Waals surface area (Å²) >= 11 is 0. The van der Waals surface area contributed by atoms with Gasteiger partial charge in [0.05, 0.1) is 25.5 Å². The second kappa shape index (κ2) is 9.70. The average Bonchev–Trinajstić information content (AvgIpc) is 2.50. The number of alkyl carbamates (subject to hydrolysis) is 1. The molecule has 0 unspecified atom stereocenters. The van der Waals surface area contributed by atoms with Crippen molar-refractivity contribution in [3.63, 3.8) is 0 Å². The van der Waals surface area contributed by atoms with Crippen molar-refractivity contribution in [2.24, 2.45) is 0 Å². The highest BCUT2D eigenvalue weighted by Gasteiger charge is 2.27. The SMILES string of the molecule is C=C[C@@H](OS(C)(=O)=O)[C@@H](COCc1ccccc1)NC(=O)OC(C)(C)C. The molecular weight excluding hydrogens is 358 g/mol. The van der Waals surface area contributed by atoms with E-state index in [0.717, 1.165) is 11.8 Å².